The number of hydrogen-bond acceptors (Lipinski definition) is 4. The first-order valence-electron chi connectivity index (χ1n) is 9.05. The summed E-state index contributed by atoms with van der Waals surface area (Å²) in [4.78, 5) is 3.74. The summed E-state index contributed by atoms with van der Waals surface area (Å²) >= 11 is 0. The number of piperazine rings is 1. The van der Waals surface area contributed by atoms with E-state index in [4.69, 9.17) is 0 Å². The molecule has 0 spiro atoms. The van der Waals surface area contributed by atoms with Crippen molar-refractivity contribution in [2.45, 2.75) is 57.3 Å². The van der Waals surface area contributed by atoms with Crippen LogP contribution in [0.5, 0.6) is 0 Å². The Morgan fingerprint density at radius 2 is 1.70 bits per heavy atom. The van der Waals surface area contributed by atoms with Crippen molar-refractivity contribution < 1.29 is 21.6 Å². The van der Waals surface area contributed by atoms with Gasteiger partial charge >= 0.3 is 6.18 Å². The summed E-state index contributed by atoms with van der Waals surface area (Å²) in [7, 11) is -4.00. The topological polar surface area (TPSA) is 40.6 Å². The van der Waals surface area contributed by atoms with Gasteiger partial charge < -0.3 is 4.90 Å². The maximum atomic E-state index is 13.2. The normalized spacial score (nSPS) is 20.4. The number of rotatable bonds is 3. The second-order valence-corrected chi connectivity index (χ2v) is 10.6. The van der Waals surface area contributed by atoms with Gasteiger partial charge in [-0.05, 0) is 44.9 Å². The highest BCUT2D eigenvalue weighted by atomic mass is 32.2. The summed E-state index contributed by atoms with van der Waals surface area (Å²) in [5, 5.41) is 0. The summed E-state index contributed by atoms with van der Waals surface area (Å²) in [5.41, 5.74) is -0.607. The number of anilines is 1. The molecule has 154 valence electrons. The summed E-state index contributed by atoms with van der Waals surface area (Å²) in [5.74, 6) is 0.357. The molecule has 0 bridgehead atoms. The first-order valence-corrected chi connectivity index (χ1v) is 10.9. The van der Waals surface area contributed by atoms with Crippen molar-refractivity contribution in [2.24, 2.45) is 5.92 Å². The average Bonchev–Trinajstić information content (AvgIpc) is 2.51. The van der Waals surface area contributed by atoms with Gasteiger partial charge in [0.1, 0.15) is 0 Å². The van der Waals surface area contributed by atoms with Crippen molar-refractivity contribution in [2.75, 3.05) is 30.8 Å². The van der Waals surface area contributed by atoms with E-state index in [0.29, 0.717) is 24.7 Å². The Balaban J connectivity index is 2.42. The lowest BCUT2D eigenvalue weighted by Gasteiger charge is -2.50. The molecule has 1 heterocycles. The van der Waals surface area contributed by atoms with Crippen molar-refractivity contribution in [3.8, 4) is 0 Å². The van der Waals surface area contributed by atoms with E-state index in [-0.39, 0.29) is 11.6 Å². The van der Waals surface area contributed by atoms with Gasteiger partial charge in [0.2, 0.25) is 0 Å². The van der Waals surface area contributed by atoms with Crippen molar-refractivity contribution >= 4 is 15.5 Å². The molecular weight excluding hydrogens is 377 g/mol. The molecule has 0 unspecified atom stereocenters. The molecule has 1 aliphatic rings. The van der Waals surface area contributed by atoms with Crippen LogP contribution in [-0.2, 0) is 16.0 Å². The van der Waals surface area contributed by atoms with Crippen molar-refractivity contribution in [3.05, 3.63) is 23.8 Å². The van der Waals surface area contributed by atoms with Crippen LogP contribution >= 0.6 is 0 Å². The van der Waals surface area contributed by atoms with Gasteiger partial charge in [-0.2, -0.15) is 13.2 Å². The van der Waals surface area contributed by atoms with Crippen LogP contribution < -0.4 is 4.90 Å². The van der Waals surface area contributed by atoms with Gasteiger partial charge in [0.15, 0.2) is 9.84 Å². The summed E-state index contributed by atoms with van der Waals surface area (Å²) in [6.45, 7) is 12.7. The fourth-order valence-electron chi connectivity index (χ4n) is 3.70. The smallest absolute Gasteiger partial charge is 0.369 e. The Morgan fingerprint density at radius 3 is 2.15 bits per heavy atom. The Bertz CT molecular complexity index is 783. The molecule has 1 saturated heterocycles. The molecule has 1 aromatic carbocycles. The minimum Gasteiger partial charge on any atom is -0.369 e. The predicted molar refractivity (Wildman–Crippen MR) is 102 cm³/mol. The van der Waals surface area contributed by atoms with Gasteiger partial charge in [-0.25, -0.2) is 8.42 Å². The van der Waals surface area contributed by atoms with Gasteiger partial charge in [0.05, 0.1) is 10.5 Å². The molecule has 2 rings (SSSR count). The highest BCUT2D eigenvalue weighted by Gasteiger charge is 2.38. The molecule has 1 atom stereocenters. The number of alkyl halides is 3. The number of benzene rings is 1. The SMILES string of the molecule is CC(C)[C@@H]1CN(c2ccc(C(F)(F)F)c(S(C)(=O)=O)c2)CCN1C(C)(C)C. The van der Waals surface area contributed by atoms with E-state index >= 15 is 0 Å². The van der Waals surface area contributed by atoms with Crippen LogP contribution in [-0.4, -0.2) is 50.8 Å². The molecule has 0 amide bonds. The molecule has 1 fully saturated rings. The van der Waals surface area contributed by atoms with Gasteiger partial charge in [0.25, 0.3) is 0 Å². The van der Waals surface area contributed by atoms with E-state index in [1.807, 2.05) is 4.90 Å². The van der Waals surface area contributed by atoms with Gasteiger partial charge in [-0.3, -0.25) is 4.90 Å². The number of halogens is 3. The van der Waals surface area contributed by atoms with Crippen LogP contribution in [0.25, 0.3) is 0 Å². The molecule has 0 N–H and O–H groups in total. The molecule has 0 radical (unpaired) electrons. The summed E-state index contributed by atoms with van der Waals surface area (Å²) in [6, 6.07) is 3.65. The number of sulfone groups is 1. The van der Waals surface area contributed by atoms with Gasteiger partial charge in [-0.15, -0.1) is 0 Å². The van der Waals surface area contributed by atoms with Crippen LogP contribution in [0, 0.1) is 5.92 Å². The highest BCUT2D eigenvalue weighted by Crippen LogP contribution is 2.37. The molecular formula is C19H29F3N2O2S. The molecule has 1 aromatic rings. The molecule has 1 aliphatic heterocycles. The molecule has 0 saturated carbocycles. The highest BCUT2D eigenvalue weighted by molar-refractivity contribution is 7.90. The van der Waals surface area contributed by atoms with Crippen LogP contribution in [0.1, 0.15) is 40.2 Å². The van der Waals surface area contributed by atoms with Crippen molar-refractivity contribution in [3.63, 3.8) is 0 Å². The molecule has 8 heteroatoms. The minimum absolute atomic E-state index is 0.0148. The lowest BCUT2D eigenvalue weighted by atomic mass is 9.93. The minimum atomic E-state index is -4.71. The van der Waals surface area contributed by atoms with Crippen LogP contribution in [0.15, 0.2) is 23.1 Å². The fraction of sp³-hybridized carbons (Fsp3) is 0.684. The Morgan fingerprint density at radius 1 is 1.11 bits per heavy atom. The predicted octanol–water partition coefficient (Wildman–Crippen LogP) is 4.05. The van der Waals surface area contributed by atoms with Crippen LogP contribution in [0.2, 0.25) is 0 Å². The third-order valence-electron chi connectivity index (χ3n) is 5.09. The molecule has 0 aromatic heterocycles. The number of nitrogens with zero attached hydrogens (tertiary/aromatic N) is 2. The summed E-state index contributed by atoms with van der Waals surface area (Å²) in [6.07, 6.45) is -3.89. The monoisotopic (exact) mass is 406 g/mol. The maximum absolute atomic E-state index is 13.2. The van der Waals surface area contributed by atoms with Crippen LogP contribution in [0.4, 0.5) is 18.9 Å². The second kappa shape index (κ2) is 7.28. The first kappa shape index (κ1) is 22.0. The largest absolute Gasteiger partial charge is 0.417 e. The average molecular weight is 407 g/mol. The quantitative estimate of drug-likeness (QED) is 0.759. The third kappa shape index (κ3) is 4.96. The summed E-state index contributed by atoms with van der Waals surface area (Å²) < 4.78 is 63.6. The fourth-order valence-corrected chi connectivity index (χ4v) is 4.61. The van der Waals surface area contributed by atoms with E-state index in [0.717, 1.165) is 18.9 Å². The zero-order valence-electron chi connectivity index (χ0n) is 16.8. The molecule has 27 heavy (non-hydrogen) atoms. The van der Waals surface area contributed by atoms with E-state index < -0.39 is 26.5 Å². The van der Waals surface area contributed by atoms with Crippen molar-refractivity contribution in [1.29, 1.82) is 0 Å². The van der Waals surface area contributed by atoms with Crippen LogP contribution in [0.3, 0.4) is 0 Å². The van der Waals surface area contributed by atoms with E-state index in [2.05, 4.69) is 39.5 Å². The number of hydrogen-bond donors (Lipinski definition) is 0. The Hall–Kier alpha value is -1.28. The van der Waals surface area contributed by atoms with Gasteiger partial charge in [0, 0.05) is 43.2 Å². The lowest BCUT2D eigenvalue weighted by Crippen LogP contribution is -2.61. The van der Waals surface area contributed by atoms with E-state index in [1.54, 1.807) is 0 Å². The van der Waals surface area contributed by atoms with E-state index in [1.165, 1.54) is 12.1 Å². The third-order valence-corrected chi connectivity index (χ3v) is 6.22. The lowest BCUT2D eigenvalue weighted by molar-refractivity contribution is -0.139. The Kier molecular flexibility index (Phi) is 5.93. The standard InChI is InChI=1S/C19H29F3N2O2S/c1-13(2)16-12-23(9-10-24(16)18(3,4)5)14-7-8-15(19(20,21)22)17(11-14)27(6,25)26/h7-8,11,13,16H,9-10,12H2,1-6H3/t16-/m0/s1. The van der Waals surface area contributed by atoms with E-state index in [9.17, 15) is 21.6 Å². The first-order chi connectivity index (χ1) is 12.1. The zero-order chi connectivity index (χ0) is 20.8. The zero-order valence-corrected chi connectivity index (χ0v) is 17.6. The molecule has 0 aliphatic carbocycles. The maximum Gasteiger partial charge on any atom is 0.417 e. The molecule has 4 nitrogen and oxygen atoms in total. The van der Waals surface area contributed by atoms with Gasteiger partial charge in [-0.1, -0.05) is 13.8 Å². The van der Waals surface area contributed by atoms with Crippen molar-refractivity contribution in [1.82, 2.24) is 4.90 Å². The second-order valence-electron chi connectivity index (χ2n) is 8.57. The Labute approximate surface area is 160 Å².